The van der Waals surface area contributed by atoms with Crippen molar-refractivity contribution in [3.8, 4) is 0 Å². The fraction of sp³-hybridized carbons (Fsp3) is 0.625. The molecule has 2 aromatic heterocycles. The number of anilines is 1. The second-order valence-corrected chi connectivity index (χ2v) is 9.60. The number of rotatable bonds is 11. The Balaban J connectivity index is 1.17. The number of methoxy groups -OCH3 is 1. The van der Waals surface area contributed by atoms with Gasteiger partial charge >= 0.3 is 0 Å². The Kier molecular flexibility index (Phi) is 9.96. The number of hydrogen-bond acceptors (Lipinski definition) is 10. The van der Waals surface area contributed by atoms with Crippen molar-refractivity contribution in [3.63, 3.8) is 0 Å². The Morgan fingerprint density at radius 3 is 2.36 bits per heavy atom. The number of nitrogens with zero attached hydrogens (tertiary/aromatic N) is 6. The van der Waals surface area contributed by atoms with Gasteiger partial charge in [0.25, 0.3) is 5.91 Å². The number of likely N-dealkylation sites (tertiary alicyclic amines) is 1. The van der Waals surface area contributed by atoms with Crippen LogP contribution in [0.15, 0.2) is 23.8 Å². The van der Waals surface area contributed by atoms with E-state index >= 15 is 0 Å². The van der Waals surface area contributed by atoms with E-state index in [1.54, 1.807) is 36.9 Å². The van der Waals surface area contributed by atoms with Crippen molar-refractivity contribution in [2.45, 2.75) is 18.8 Å². The van der Waals surface area contributed by atoms with Gasteiger partial charge in [0.1, 0.15) is 12.3 Å². The lowest BCUT2D eigenvalue weighted by atomic mass is 9.97. The maximum atomic E-state index is 13.0. The molecule has 0 aliphatic carbocycles. The van der Waals surface area contributed by atoms with E-state index < -0.39 is 0 Å². The van der Waals surface area contributed by atoms with Crippen LogP contribution in [0.25, 0.3) is 0 Å². The molecule has 0 radical (unpaired) electrons. The van der Waals surface area contributed by atoms with Crippen molar-refractivity contribution in [1.29, 1.82) is 0 Å². The van der Waals surface area contributed by atoms with E-state index in [4.69, 9.17) is 14.2 Å². The van der Waals surface area contributed by atoms with Crippen molar-refractivity contribution < 1.29 is 23.8 Å². The zero-order valence-corrected chi connectivity index (χ0v) is 21.5. The van der Waals surface area contributed by atoms with E-state index in [0.717, 1.165) is 17.8 Å². The molecule has 2 aliphatic heterocycles. The number of hydrogen-bond donors (Lipinski definition) is 0. The Morgan fingerprint density at radius 2 is 1.64 bits per heavy atom. The largest absolute Gasteiger partial charge is 0.382 e. The lowest BCUT2D eigenvalue weighted by Crippen LogP contribution is -2.49. The van der Waals surface area contributed by atoms with Gasteiger partial charge in [0.05, 0.1) is 31.4 Å². The summed E-state index contributed by atoms with van der Waals surface area (Å²) in [6.07, 6.45) is 5.13. The van der Waals surface area contributed by atoms with Gasteiger partial charge in [0.2, 0.25) is 11.9 Å². The summed E-state index contributed by atoms with van der Waals surface area (Å²) in [7, 11) is 1.63. The minimum Gasteiger partial charge on any atom is -0.382 e. The molecule has 4 rings (SSSR count). The van der Waals surface area contributed by atoms with Gasteiger partial charge in [-0.25, -0.2) is 15.0 Å². The molecule has 2 amide bonds. The molecule has 196 valence electrons. The summed E-state index contributed by atoms with van der Waals surface area (Å²) >= 11 is 1.54. The summed E-state index contributed by atoms with van der Waals surface area (Å²) in [5, 5.41) is 2.84. The number of ether oxygens (including phenoxy) is 3. The first-order valence-corrected chi connectivity index (χ1v) is 13.2. The molecule has 2 aliphatic rings. The molecular formula is C24H34N6O5S. The molecule has 2 saturated heterocycles. The van der Waals surface area contributed by atoms with E-state index in [1.165, 1.54) is 0 Å². The predicted molar refractivity (Wildman–Crippen MR) is 134 cm³/mol. The van der Waals surface area contributed by atoms with E-state index in [1.807, 2.05) is 15.2 Å². The third-order valence-electron chi connectivity index (χ3n) is 6.37. The molecule has 2 fully saturated rings. The molecule has 12 heteroatoms. The van der Waals surface area contributed by atoms with Crippen LogP contribution in [0, 0.1) is 0 Å². The molecule has 4 heterocycles. The summed E-state index contributed by atoms with van der Waals surface area (Å²) in [6, 6.07) is 1.79. The van der Waals surface area contributed by atoms with Gasteiger partial charge in [0.15, 0.2) is 0 Å². The number of piperazine rings is 1. The van der Waals surface area contributed by atoms with Crippen LogP contribution in [0.2, 0.25) is 0 Å². The summed E-state index contributed by atoms with van der Waals surface area (Å²) in [6.45, 7) is 5.93. The summed E-state index contributed by atoms with van der Waals surface area (Å²) in [5.41, 5.74) is 0.513. The fourth-order valence-corrected chi connectivity index (χ4v) is 5.25. The van der Waals surface area contributed by atoms with Gasteiger partial charge < -0.3 is 28.9 Å². The van der Waals surface area contributed by atoms with Crippen LogP contribution in [-0.2, 0) is 19.0 Å². The second-order valence-electron chi connectivity index (χ2n) is 8.71. The normalized spacial score (nSPS) is 17.0. The van der Waals surface area contributed by atoms with Crippen LogP contribution in [0.3, 0.4) is 0 Å². The topological polar surface area (TPSA) is 110 Å². The zero-order valence-electron chi connectivity index (χ0n) is 20.7. The van der Waals surface area contributed by atoms with Gasteiger partial charge in [-0.15, -0.1) is 11.3 Å². The number of amides is 2. The van der Waals surface area contributed by atoms with Crippen molar-refractivity contribution in [2.24, 2.45) is 0 Å². The molecule has 2 aromatic rings. The Morgan fingerprint density at radius 1 is 0.944 bits per heavy atom. The quantitative estimate of drug-likeness (QED) is 0.406. The molecule has 0 N–H and O–H groups in total. The van der Waals surface area contributed by atoms with Gasteiger partial charge in [-0.3, -0.25) is 9.59 Å². The van der Waals surface area contributed by atoms with Crippen molar-refractivity contribution in [2.75, 3.05) is 84.3 Å². The molecule has 0 saturated carbocycles. The molecule has 0 unspecified atom stereocenters. The number of aromatic nitrogens is 3. The van der Waals surface area contributed by atoms with Crippen LogP contribution in [0.5, 0.6) is 0 Å². The van der Waals surface area contributed by atoms with Gasteiger partial charge in [-0.2, -0.15) is 0 Å². The van der Waals surface area contributed by atoms with Crippen molar-refractivity contribution in [1.82, 2.24) is 24.8 Å². The minimum absolute atomic E-state index is 0.000363. The predicted octanol–water partition coefficient (Wildman–Crippen LogP) is 1.28. The summed E-state index contributed by atoms with van der Waals surface area (Å²) < 4.78 is 15.7. The number of carbonyl (C=O) groups excluding carboxylic acids is 2. The van der Waals surface area contributed by atoms with E-state index in [-0.39, 0.29) is 24.3 Å². The van der Waals surface area contributed by atoms with Crippen LogP contribution in [0.4, 0.5) is 5.95 Å². The SMILES string of the molecule is COCCOCCOCC(=O)N1CCC(c2nc(C(=O)N3CCN(c4ncccn4)CC3)cs2)CC1. The monoisotopic (exact) mass is 518 g/mol. The number of piperidine rings is 1. The van der Waals surface area contributed by atoms with Gasteiger partial charge in [0, 0.05) is 70.1 Å². The lowest BCUT2D eigenvalue weighted by molar-refractivity contribution is -0.137. The van der Waals surface area contributed by atoms with Gasteiger partial charge in [-0.05, 0) is 18.9 Å². The first-order chi connectivity index (χ1) is 17.7. The van der Waals surface area contributed by atoms with Crippen molar-refractivity contribution in [3.05, 3.63) is 34.5 Å². The highest BCUT2D eigenvalue weighted by atomic mass is 32.1. The molecule has 36 heavy (non-hydrogen) atoms. The summed E-state index contributed by atoms with van der Waals surface area (Å²) in [5.74, 6) is 0.939. The molecule has 0 spiro atoms. The highest BCUT2D eigenvalue weighted by Crippen LogP contribution is 2.30. The average molecular weight is 519 g/mol. The molecule has 0 aromatic carbocycles. The molecular weight excluding hydrogens is 484 g/mol. The maximum absolute atomic E-state index is 13.0. The first kappa shape index (κ1) is 26.4. The first-order valence-electron chi connectivity index (χ1n) is 12.3. The Labute approximate surface area is 215 Å². The Hall–Kier alpha value is -2.67. The minimum atomic E-state index is -0.0258. The maximum Gasteiger partial charge on any atom is 0.273 e. The third-order valence-corrected chi connectivity index (χ3v) is 7.38. The summed E-state index contributed by atoms with van der Waals surface area (Å²) in [4.78, 5) is 44.5. The third kappa shape index (κ3) is 7.19. The van der Waals surface area contributed by atoms with Crippen LogP contribution in [-0.4, -0.2) is 116 Å². The van der Waals surface area contributed by atoms with Crippen LogP contribution >= 0.6 is 11.3 Å². The smallest absolute Gasteiger partial charge is 0.273 e. The highest BCUT2D eigenvalue weighted by Gasteiger charge is 2.28. The molecule has 0 bridgehead atoms. The van der Waals surface area contributed by atoms with E-state index in [2.05, 4.69) is 19.9 Å². The van der Waals surface area contributed by atoms with Crippen molar-refractivity contribution >= 4 is 29.1 Å². The number of thiazole rings is 1. The molecule has 11 nitrogen and oxygen atoms in total. The highest BCUT2D eigenvalue weighted by molar-refractivity contribution is 7.09. The molecule has 0 atom stereocenters. The fourth-order valence-electron chi connectivity index (χ4n) is 4.29. The second kappa shape index (κ2) is 13.6. The standard InChI is InChI=1S/C24H34N6O5S/c1-33-13-14-34-15-16-35-17-21(31)28-7-3-19(4-8-28)22-27-20(18-36-22)23(32)29-9-11-30(12-10-29)24-25-5-2-6-26-24/h2,5-6,18-19H,3-4,7-17H2,1H3. The zero-order chi connectivity index (χ0) is 25.2. The van der Waals surface area contributed by atoms with E-state index in [9.17, 15) is 9.59 Å². The van der Waals surface area contributed by atoms with Crippen LogP contribution < -0.4 is 4.90 Å². The van der Waals surface area contributed by atoms with Crippen LogP contribution in [0.1, 0.15) is 34.3 Å². The number of carbonyl (C=O) groups is 2. The van der Waals surface area contributed by atoms with E-state index in [0.29, 0.717) is 77.3 Å². The Bertz CT molecular complexity index is 961. The van der Waals surface area contributed by atoms with Gasteiger partial charge in [-0.1, -0.05) is 0 Å². The lowest BCUT2D eigenvalue weighted by Gasteiger charge is -2.34. The average Bonchev–Trinajstić information content (AvgIpc) is 3.43.